The summed E-state index contributed by atoms with van der Waals surface area (Å²) >= 11 is 12.7. The molecule has 2 aliphatic carbocycles. The van der Waals surface area contributed by atoms with Crippen LogP contribution in [0, 0.1) is 18.7 Å². The number of hydrogen-bond donors (Lipinski definition) is 1. The van der Waals surface area contributed by atoms with E-state index in [0.717, 1.165) is 35.4 Å². The molecule has 3 aromatic heterocycles. The summed E-state index contributed by atoms with van der Waals surface area (Å²) in [5, 5.41) is 3.40. The largest absolute Gasteiger partial charge is 0.378 e. The van der Waals surface area contributed by atoms with E-state index in [2.05, 4.69) is 19.6 Å². The number of benzene rings is 1. The van der Waals surface area contributed by atoms with Gasteiger partial charge >= 0.3 is 0 Å². The number of imidazole rings is 1. The van der Waals surface area contributed by atoms with Crippen molar-refractivity contribution in [2.45, 2.75) is 49.6 Å². The Morgan fingerprint density at radius 3 is 2.76 bits per heavy atom. The van der Waals surface area contributed by atoms with E-state index in [1.807, 2.05) is 30.2 Å². The number of morpholine rings is 1. The topological polar surface area (TPSA) is 92.1 Å². The summed E-state index contributed by atoms with van der Waals surface area (Å²) in [6.45, 7) is 4.78. The third kappa shape index (κ3) is 3.87. The molecule has 1 unspecified atom stereocenters. The number of halogens is 3. The number of hydrogen-bond acceptors (Lipinski definition) is 6. The van der Waals surface area contributed by atoms with Crippen LogP contribution < -0.4 is 5.32 Å². The van der Waals surface area contributed by atoms with E-state index in [9.17, 15) is 9.59 Å². The van der Waals surface area contributed by atoms with Gasteiger partial charge in [-0.15, -0.1) is 0 Å². The number of amides is 2. The monoisotopic (exact) mass is 660 g/mol. The number of aryl methyl sites for hydroxylation is 1. The van der Waals surface area contributed by atoms with Crippen LogP contribution in [0.25, 0.3) is 5.65 Å². The van der Waals surface area contributed by atoms with E-state index in [-0.39, 0.29) is 28.9 Å². The number of carbonyl (C=O) groups excluding carboxylic acids is 2. The number of rotatable bonds is 4. The lowest BCUT2D eigenvalue weighted by molar-refractivity contribution is -0.128. The Labute approximate surface area is 274 Å². The molecule has 9 rings (SSSR count). The minimum absolute atomic E-state index is 0.0379. The van der Waals surface area contributed by atoms with Crippen LogP contribution in [0.1, 0.15) is 63.1 Å². The number of nitrogens with one attached hydrogen (secondary N) is 1. The lowest BCUT2D eigenvalue weighted by Gasteiger charge is -2.40. The van der Waals surface area contributed by atoms with E-state index in [4.69, 9.17) is 32.9 Å². The molecule has 4 atom stereocenters. The molecule has 9 nitrogen and oxygen atoms in total. The molecule has 236 valence electrons. The smallest absolute Gasteiger partial charge is 0.254 e. The molecule has 1 spiro atoms. The van der Waals surface area contributed by atoms with Crippen molar-refractivity contribution in [1.82, 2.24) is 24.2 Å². The van der Waals surface area contributed by atoms with Gasteiger partial charge in [0.25, 0.3) is 5.91 Å². The van der Waals surface area contributed by atoms with Gasteiger partial charge in [0.1, 0.15) is 11.2 Å². The fourth-order valence-corrected chi connectivity index (χ4v) is 9.01. The molecule has 0 radical (unpaired) electrons. The standard InChI is InChI=1S/C34H31Cl2FN6O3/c1-17-20(32(44)41-10-12-46-13-11-41)7-9-42-25-15-24-26(29(25)40-31(17)42)27(21-6-8-38-30(36)28(21)37)34(43(24)16-18-2-3-18)22-5-4-19(35)14-23(22)39-33(34)45/h4-9,14,18,24,26-27H,2-3,10-13,15-16H2,1H3,(H,39,45)/t24?,26-,27+,34-/m1/s1. The maximum Gasteiger partial charge on any atom is 0.254 e. The van der Waals surface area contributed by atoms with Crippen molar-refractivity contribution in [3.63, 3.8) is 0 Å². The SMILES string of the molecule is Cc1c(C(=O)N2CCOCC2)ccn2c3c(nc12)[C@@H]1C(C3)N(CC2CC2)[C@@]2(C(=O)Nc3cc(Cl)ccc32)[C@H]1c1ccnc(Cl)c1F. The predicted octanol–water partition coefficient (Wildman–Crippen LogP) is 5.32. The van der Waals surface area contributed by atoms with Crippen LogP contribution in [0.15, 0.2) is 42.7 Å². The van der Waals surface area contributed by atoms with Crippen molar-refractivity contribution in [2.75, 3.05) is 38.2 Å². The van der Waals surface area contributed by atoms with Gasteiger partial charge in [-0.2, -0.15) is 0 Å². The first-order valence-electron chi connectivity index (χ1n) is 15.8. The van der Waals surface area contributed by atoms with Gasteiger partial charge < -0.3 is 19.4 Å². The molecule has 6 heterocycles. The number of ether oxygens (including phenoxy) is 1. The fraction of sp³-hybridized carbons (Fsp3) is 0.412. The molecule has 3 aliphatic heterocycles. The zero-order valence-electron chi connectivity index (χ0n) is 25.1. The van der Waals surface area contributed by atoms with Gasteiger partial charge in [0, 0.05) is 89.4 Å². The molecule has 1 saturated carbocycles. The van der Waals surface area contributed by atoms with Crippen molar-refractivity contribution in [1.29, 1.82) is 0 Å². The van der Waals surface area contributed by atoms with Crippen LogP contribution in [0.5, 0.6) is 0 Å². The molecule has 46 heavy (non-hydrogen) atoms. The van der Waals surface area contributed by atoms with Crippen LogP contribution in [-0.2, 0) is 21.5 Å². The van der Waals surface area contributed by atoms with Gasteiger partial charge in [-0.3, -0.25) is 14.5 Å². The van der Waals surface area contributed by atoms with Crippen molar-refractivity contribution >= 4 is 46.4 Å². The molecule has 2 saturated heterocycles. The summed E-state index contributed by atoms with van der Waals surface area (Å²) in [6.07, 6.45) is 6.25. The normalized spacial score (nSPS) is 26.9. The van der Waals surface area contributed by atoms with Gasteiger partial charge in [0.15, 0.2) is 11.0 Å². The van der Waals surface area contributed by atoms with Crippen LogP contribution in [0.3, 0.4) is 0 Å². The molecule has 3 fully saturated rings. The highest BCUT2D eigenvalue weighted by Crippen LogP contribution is 2.65. The Hall–Kier alpha value is -3.57. The van der Waals surface area contributed by atoms with Crippen molar-refractivity contribution in [3.8, 4) is 0 Å². The molecule has 1 N–H and O–H groups in total. The molecule has 2 amide bonds. The van der Waals surface area contributed by atoms with Crippen molar-refractivity contribution in [3.05, 3.63) is 92.4 Å². The Kier molecular flexibility index (Phi) is 6.36. The maximum atomic E-state index is 16.2. The third-order valence-corrected chi connectivity index (χ3v) is 11.3. The highest BCUT2D eigenvalue weighted by atomic mass is 35.5. The Bertz CT molecular complexity index is 1970. The second-order valence-electron chi connectivity index (χ2n) is 13.2. The quantitative estimate of drug-likeness (QED) is 0.298. The van der Waals surface area contributed by atoms with E-state index in [0.29, 0.717) is 72.7 Å². The molecule has 12 heteroatoms. The number of nitrogens with zero attached hydrogens (tertiary/aromatic N) is 5. The van der Waals surface area contributed by atoms with Gasteiger partial charge in [0.05, 0.1) is 18.9 Å². The number of fused-ring (bicyclic) bond motifs is 7. The molecule has 1 aromatic carbocycles. The van der Waals surface area contributed by atoms with E-state index >= 15 is 4.39 Å². The first-order valence-corrected chi connectivity index (χ1v) is 16.6. The van der Waals surface area contributed by atoms with Gasteiger partial charge in [0.2, 0.25) is 5.91 Å². The van der Waals surface area contributed by atoms with Crippen LogP contribution in [0.4, 0.5) is 10.1 Å². The van der Waals surface area contributed by atoms with Crippen molar-refractivity contribution in [2.24, 2.45) is 5.92 Å². The Morgan fingerprint density at radius 2 is 1.98 bits per heavy atom. The average molecular weight is 662 g/mol. The summed E-state index contributed by atoms with van der Waals surface area (Å²) in [7, 11) is 0. The van der Waals surface area contributed by atoms with Gasteiger partial charge in [-0.1, -0.05) is 29.3 Å². The van der Waals surface area contributed by atoms with E-state index in [1.165, 1.54) is 6.20 Å². The summed E-state index contributed by atoms with van der Waals surface area (Å²) in [5.74, 6) is -1.38. The first-order chi connectivity index (χ1) is 22.3. The highest BCUT2D eigenvalue weighted by molar-refractivity contribution is 6.31. The van der Waals surface area contributed by atoms with E-state index in [1.54, 1.807) is 18.2 Å². The number of aromatic nitrogens is 3. The third-order valence-electron chi connectivity index (χ3n) is 10.8. The number of carbonyl (C=O) groups is 2. The summed E-state index contributed by atoms with van der Waals surface area (Å²) in [6, 6.07) is 8.89. The molecule has 4 aromatic rings. The minimum Gasteiger partial charge on any atom is -0.378 e. The molecule has 0 bridgehead atoms. The average Bonchev–Trinajstić information content (AvgIpc) is 3.49. The van der Waals surface area contributed by atoms with Crippen LogP contribution in [0.2, 0.25) is 10.2 Å². The first kappa shape index (κ1) is 28.6. The lowest BCUT2D eigenvalue weighted by Crippen LogP contribution is -2.53. The lowest BCUT2D eigenvalue weighted by atomic mass is 9.71. The highest BCUT2D eigenvalue weighted by Gasteiger charge is 2.70. The van der Waals surface area contributed by atoms with E-state index < -0.39 is 17.3 Å². The summed E-state index contributed by atoms with van der Waals surface area (Å²) < 4.78 is 23.8. The fourth-order valence-electron chi connectivity index (χ4n) is 8.67. The van der Waals surface area contributed by atoms with Crippen molar-refractivity contribution < 1.29 is 18.7 Å². The molecule has 5 aliphatic rings. The zero-order chi connectivity index (χ0) is 31.5. The second-order valence-corrected chi connectivity index (χ2v) is 14.0. The maximum absolute atomic E-state index is 16.2. The van der Waals surface area contributed by atoms with Gasteiger partial charge in [-0.25, -0.2) is 14.4 Å². The summed E-state index contributed by atoms with van der Waals surface area (Å²) in [4.78, 5) is 41.5. The Morgan fingerprint density at radius 1 is 1.17 bits per heavy atom. The number of likely N-dealkylation sites (tertiary alicyclic amines) is 1. The second kappa shape index (κ2) is 10.2. The minimum atomic E-state index is -1.20. The number of anilines is 1. The van der Waals surface area contributed by atoms with Gasteiger partial charge in [-0.05, 0) is 55.5 Å². The summed E-state index contributed by atoms with van der Waals surface area (Å²) in [5.41, 5.74) is 4.52. The molecular weight excluding hydrogens is 630 g/mol. The predicted molar refractivity (Wildman–Crippen MR) is 170 cm³/mol. The molecular formula is C34H31Cl2FN6O3. The Balaban J connectivity index is 1.25. The van der Waals surface area contributed by atoms with Crippen LogP contribution >= 0.6 is 23.2 Å². The van der Waals surface area contributed by atoms with Crippen LogP contribution in [-0.4, -0.2) is 74.9 Å². The zero-order valence-corrected chi connectivity index (χ0v) is 26.6. The number of pyridine rings is 2.